The second kappa shape index (κ2) is 7.36. The maximum absolute atomic E-state index is 13.9. The van der Waals surface area contributed by atoms with Crippen molar-refractivity contribution < 1.29 is 13.5 Å². The van der Waals surface area contributed by atoms with Crippen molar-refractivity contribution in [1.82, 2.24) is 0 Å². The largest absolute Gasteiger partial charge is 0.369 e. The van der Waals surface area contributed by atoms with Crippen LogP contribution in [0.2, 0.25) is 0 Å². The minimum absolute atomic E-state index is 0.332. The summed E-state index contributed by atoms with van der Waals surface area (Å²) in [6.45, 7) is 0.417. The Bertz CT molecular complexity index is 542. The number of halogens is 3. The summed E-state index contributed by atoms with van der Waals surface area (Å²) in [6, 6.07) is 12.3. The molecular formula is C16H15ClF2O. The van der Waals surface area contributed by atoms with Crippen LogP contribution in [0.1, 0.15) is 23.7 Å². The molecule has 0 N–H and O–H groups in total. The molecule has 2 aromatic rings. The molecule has 1 unspecified atom stereocenters. The van der Waals surface area contributed by atoms with E-state index in [2.05, 4.69) is 0 Å². The van der Waals surface area contributed by atoms with Gasteiger partial charge in [0, 0.05) is 18.1 Å². The van der Waals surface area contributed by atoms with Gasteiger partial charge in [0.2, 0.25) is 0 Å². The zero-order valence-electron chi connectivity index (χ0n) is 10.9. The predicted octanol–water partition coefficient (Wildman–Crippen LogP) is 4.70. The molecule has 2 aromatic carbocycles. The molecule has 0 aliphatic carbocycles. The fraction of sp³-hybridized carbons (Fsp3) is 0.250. The molecular weight excluding hydrogens is 282 g/mol. The molecule has 0 fully saturated rings. The van der Waals surface area contributed by atoms with Crippen molar-refractivity contribution in [3.63, 3.8) is 0 Å². The maximum atomic E-state index is 13.9. The van der Waals surface area contributed by atoms with E-state index >= 15 is 0 Å². The summed E-state index contributed by atoms with van der Waals surface area (Å²) in [5.41, 5.74) is 1.15. The molecule has 106 valence electrons. The number of rotatable bonds is 6. The lowest BCUT2D eigenvalue weighted by atomic mass is 10.0. The van der Waals surface area contributed by atoms with Gasteiger partial charge in [0.05, 0.1) is 0 Å². The molecule has 0 saturated heterocycles. The summed E-state index contributed by atoms with van der Waals surface area (Å²) in [5, 5.41) is 0. The average Bonchev–Trinajstić information content (AvgIpc) is 2.46. The van der Waals surface area contributed by atoms with Gasteiger partial charge in [0.1, 0.15) is 17.7 Å². The molecule has 0 saturated carbocycles. The third-order valence-corrected chi connectivity index (χ3v) is 3.19. The van der Waals surface area contributed by atoms with Crippen molar-refractivity contribution in [3.8, 4) is 0 Å². The quantitative estimate of drug-likeness (QED) is 0.554. The van der Waals surface area contributed by atoms with Crippen LogP contribution in [-0.2, 0) is 4.74 Å². The van der Waals surface area contributed by atoms with Crippen LogP contribution < -0.4 is 0 Å². The molecule has 0 aliphatic rings. The molecule has 1 atom stereocenters. The number of benzene rings is 2. The van der Waals surface area contributed by atoms with Gasteiger partial charge in [-0.3, -0.25) is 0 Å². The zero-order chi connectivity index (χ0) is 14.4. The van der Waals surface area contributed by atoms with Gasteiger partial charge in [-0.25, -0.2) is 8.78 Å². The van der Waals surface area contributed by atoms with Crippen molar-refractivity contribution in [1.29, 1.82) is 0 Å². The van der Waals surface area contributed by atoms with Crippen molar-refractivity contribution >= 4 is 11.6 Å². The highest BCUT2D eigenvalue weighted by Gasteiger charge is 2.18. The molecule has 4 heteroatoms. The molecule has 0 heterocycles. The van der Waals surface area contributed by atoms with Crippen LogP contribution in [0.4, 0.5) is 8.78 Å². The van der Waals surface area contributed by atoms with E-state index in [4.69, 9.17) is 16.3 Å². The monoisotopic (exact) mass is 296 g/mol. The van der Waals surface area contributed by atoms with E-state index in [1.165, 1.54) is 18.2 Å². The van der Waals surface area contributed by atoms with Crippen molar-refractivity contribution in [2.45, 2.75) is 12.5 Å². The number of alkyl halides is 1. The van der Waals surface area contributed by atoms with Crippen LogP contribution in [0.15, 0.2) is 48.5 Å². The Labute approximate surface area is 122 Å². The number of hydrogen-bond acceptors (Lipinski definition) is 1. The lowest BCUT2D eigenvalue weighted by molar-refractivity contribution is 0.0785. The highest BCUT2D eigenvalue weighted by molar-refractivity contribution is 6.17. The summed E-state index contributed by atoms with van der Waals surface area (Å²) in [5.74, 6) is -0.192. The molecule has 20 heavy (non-hydrogen) atoms. The van der Waals surface area contributed by atoms with Gasteiger partial charge in [-0.2, -0.15) is 0 Å². The van der Waals surface area contributed by atoms with Crippen LogP contribution in [-0.4, -0.2) is 12.5 Å². The topological polar surface area (TPSA) is 9.23 Å². The Hall–Kier alpha value is -1.45. The highest BCUT2D eigenvalue weighted by atomic mass is 35.5. The molecule has 0 bridgehead atoms. The smallest absolute Gasteiger partial charge is 0.129 e. The van der Waals surface area contributed by atoms with Crippen LogP contribution in [0.5, 0.6) is 0 Å². The Morgan fingerprint density at radius 3 is 2.35 bits per heavy atom. The van der Waals surface area contributed by atoms with Crippen LogP contribution in [0, 0.1) is 11.6 Å². The normalized spacial score (nSPS) is 12.3. The van der Waals surface area contributed by atoms with E-state index in [0.717, 1.165) is 0 Å². The molecule has 0 aromatic heterocycles. The highest BCUT2D eigenvalue weighted by Crippen LogP contribution is 2.28. The summed E-state index contributed by atoms with van der Waals surface area (Å²) < 4.78 is 32.7. The fourth-order valence-electron chi connectivity index (χ4n) is 1.95. The standard InChI is InChI=1S/C16H15ClF2O/c17-10-3-11-20-16(12-6-8-13(18)9-7-12)14-4-1-2-5-15(14)19/h1-2,4-9,16H,3,10-11H2. The van der Waals surface area contributed by atoms with E-state index in [1.807, 2.05) is 0 Å². The molecule has 0 aliphatic heterocycles. The van der Waals surface area contributed by atoms with E-state index in [-0.39, 0.29) is 11.6 Å². The number of ether oxygens (including phenoxy) is 1. The van der Waals surface area contributed by atoms with Gasteiger partial charge in [-0.05, 0) is 30.2 Å². The maximum Gasteiger partial charge on any atom is 0.129 e. The van der Waals surface area contributed by atoms with Gasteiger partial charge in [-0.1, -0.05) is 30.3 Å². The predicted molar refractivity (Wildman–Crippen MR) is 75.9 cm³/mol. The third kappa shape index (κ3) is 3.78. The Morgan fingerprint density at radius 2 is 1.70 bits per heavy atom. The summed E-state index contributed by atoms with van der Waals surface area (Å²) >= 11 is 5.63. The van der Waals surface area contributed by atoms with E-state index < -0.39 is 6.10 Å². The van der Waals surface area contributed by atoms with E-state index in [1.54, 1.807) is 30.3 Å². The van der Waals surface area contributed by atoms with Crippen LogP contribution >= 0.6 is 11.6 Å². The first-order chi connectivity index (χ1) is 9.72. The second-order valence-electron chi connectivity index (χ2n) is 4.37. The van der Waals surface area contributed by atoms with Crippen LogP contribution in [0.3, 0.4) is 0 Å². The van der Waals surface area contributed by atoms with Gasteiger partial charge < -0.3 is 4.74 Å². The minimum atomic E-state index is -0.556. The summed E-state index contributed by atoms with van der Waals surface area (Å²) in [7, 11) is 0. The summed E-state index contributed by atoms with van der Waals surface area (Å²) in [6.07, 6.45) is 0.119. The first-order valence-electron chi connectivity index (χ1n) is 6.40. The second-order valence-corrected chi connectivity index (χ2v) is 4.74. The first-order valence-corrected chi connectivity index (χ1v) is 6.93. The molecule has 0 radical (unpaired) electrons. The van der Waals surface area contributed by atoms with Crippen molar-refractivity contribution in [3.05, 3.63) is 71.3 Å². The van der Waals surface area contributed by atoms with Gasteiger partial charge in [-0.15, -0.1) is 11.6 Å². The minimum Gasteiger partial charge on any atom is -0.369 e. The van der Waals surface area contributed by atoms with Crippen molar-refractivity contribution in [2.75, 3.05) is 12.5 Å². The fourth-order valence-corrected chi connectivity index (χ4v) is 2.06. The van der Waals surface area contributed by atoms with E-state index in [0.29, 0.717) is 30.0 Å². The zero-order valence-corrected chi connectivity index (χ0v) is 11.6. The molecule has 1 nitrogen and oxygen atoms in total. The third-order valence-electron chi connectivity index (χ3n) is 2.92. The number of hydrogen-bond donors (Lipinski definition) is 0. The lowest BCUT2D eigenvalue weighted by Crippen LogP contribution is -2.09. The van der Waals surface area contributed by atoms with E-state index in [9.17, 15) is 8.78 Å². The average molecular weight is 297 g/mol. The molecule has 2 rings (SSSR count). The molecule has 0 amide bonds. The Kier molecular flexibility index (Phi) is 5.50. The van der Waals surface area contributed by atoms with Crippen molar-refractivity contribution in [2.24, 2.45) is 0 Å². The lowest BCUT2D eigenvalue weighted by Gasteiger charge is -2.19. The first kappa shape index (κ1) is 14.9. The molecule has 0 spiro atoms. The SMILES string of the molecule is Fc1ccc(C(OCCCCl)c2ccccc2F)cc1. The van der Waals surface area contributed by atoms with Gasteiger partial charge in [0.15, 0.2) is 0 Å². The summed E-state index contributed by atoms with van der Waals surface area (Å²) in [4.78, 5) is 0. The Balaban J connectivity index is 2.29. The van der Waals surface area contributed by atoms with Gasteiger partial charge >= 0.3 is 0 Å². The van der Waals surface area contributed by atoms with Crippen LogP contribution in [0.25, 0.3) is 0 Å². The van der Waals surface area contributed by atoms with Gasteiger partial charge in [0.25, 0.3) is 0 Å². The Morgan fingerprint density at radius 1 is 1.00 bits per heavy atom.